The lowest BCUT2D eigenvalue weighted by Crippen LogP contribution is -2.27. The molecule has 2 rings (SSSR count). The van der Waals surface area contributed by atoms with E-state index in [1.165, 1.54) is 11.3 Å². The van der Waals surface area contributed by atoms with Gasteiger partial charge in [0.05, 0.1) is 5.41 Å². The van der Waals surface area contributed by atoms with Gasteiger partial charge < -0.3 is 10.2 Å². The number of phenols is 1. The van der Waals surface area contributed by atoms with Crippen LogP contribution in [0.3, 0.4) is 0 Å². The number of fused-ring (bicyclic) bond motifs is 1. The Balaban J connectivity index is 2.64. The molecule has 0 radical (unpaired) electrons. The topological polar surface area (TPSA) is 57.5 Å². The number of carbonyl (C=O) groups is 1. The normalized spacial score (nSPS) is 11.9. The predicted octanol–water partition coefficient (Wildman–Crippen LogP) is 2.97. The third kappa shape index (κ3) is 1.55. The molecule has 0 atom stereocenters. The molecule has 0 spiro atoms. The van der Waals surface area contributed by atoms with Crippen molar-refractivity contribution in [3.63, 3.8) is 0 Å². The first-order valence-corrected chi connectivity index (χ1v) is 5.70. The van der Waals surface area contributed by atoms with Gasteiger partial charge in [-0.1, -0.05) is 6.07 Å². The number of hydrogen-bond donors (Lipinski definition) is 2. The van der Waals surface area contributed by atoms with Crippen molar-refractivity contribution < 1.29 is 15.0 Å². The van der Waals surface area contributed by atoms with Gasteiger partial charge in [-0.3, -0.25) is 4.79 Å². The highest BCUT2D eigenvalue weighted by Crippen LogP contribution is 2.37. The van der Waals surface area contributed by atoms with E-state index < -0.39 is 11.4 Å². The second-order valence-corrected chi connectivity index (χ2v) is 5.31. The number of hydrogen-bond acceptors (Lipinski definition) is 3. The fraction of sp³-hybridized carbons (Fsp3) is 0.250. The number of rotatable bonds is 2. The van der Waals surface area contributed by atoms with Crippen LogP contribution >= 0.6 is 11.3 Å². The van der Waals surface area contributed by atoms with Crippen LogP contribution in [-0.2, 0) is 10.2 Å². The molecule has 0 saturated heterocycles. The van der Waals surface area contributed by atoms with Gasteiger partial charge in [0.15, 0.2) is 0 Å². The summed E-state index contributed by atoms with van der Waals surface area (Å²) in [6.45, 7) is 3.33. The fourth-order valence-corrected chi connectivity index (χ4v) is 2.64. The van der Waals surface area contributed by atoms with Gasteiger partial charge >= 0.3 is 5.97 Å². The molecule has 1 aromatic carbocycles. The first kappa shape index (κ1) is 11.0. The molecule has 0 bridgehead atoms. The van der Waals surface area contributed by atoms with Gasteiger partial charge in [0.2, 0.25) is 0 Å². The number of aromatic hydroxyl groups is 1. The quantitative estimate of drug-likeness (QED) is 0.842. The summed E-state index contributed by atoms with van der Waals surface area (Å²) in [5.41, 5.74) is -0.921. The summed E-state index contributed by atoms with van der Waals surface area (Å²) in [4.78, 5) is 11.9. The third-order valence-corrected chi connectivity index (χ3v) is 4.11. The largest absolute Gasteiger partial charge is 0.507 e. The highest BCUT2D eigenvalue weighted by molar-refractivity contribution is 7.19. The molecule has 4 heteroatoms. The van der Waals surface area contributed by atoms with E-state index in [2.05, 4.69) is 0 Å². The molecule has 3 nitrogen and oxygen atoms in total. The van der Waals surface area contributed by atoms with Gasteiger partial charge in [0.25, 0.3) is 0 Å². The van der Waals surface area contributed by atoms with E-state index in [1.807, 2.05) is 6.07 Å². The average molecular weight is 236 g/mol. The number of phenolic OH excluding ortho intramolecular Hbond substituents is 1. The Morgan fingerprint density at radius 2 is 2.06 bits per heavy atom. The maximum Gasteiger partial charge on any atom is 0.314 e. The van der Waals surface area contributed by atoms with Crippen molar-refractivity contribution in [2.75, 3.05) is 0 Å². The van der Waals surface area contributed by atoms with Crippen LogP contribution in [0.1, 0.15) is 18.7 Å². The SMILES string of the molecule is CC(C)(C(=O)O)c1cc2c(O)cccc2s1. The summed E-state index contributed by atoms with van der Waals surface area (Å²) in [6.07, 6.45) is 0. The van der Waals surface area contributed by atoms with Crippen molar-refractivity contribution in [2.24, 2.45) is 0 Å². The Labute approximate surface area is 97.0 Å². The van der Waals surface area contributed by atoms with Crippen LogP contribution in [0.25, 0.3) is 10.1 Å². The van der Waals surface area contributed by atoms with Gasteiger partial charge in [0, 0.05) is 15.0 Å². The van der Waals surface area contributed by atoms with E-state index in [9.17, 15) is 9.90 Å². The van der Waals surface area contributed by atoms with Crippen LogP contribution in [0.5, 0.6) is 5.75 Å². The maximum atomic E-state index is 11.1. The van der Waals surface area contributed by atoms with Gasteiger partial charge in [-0.05, 0) is 32.0 Å². The van der Waals surface area contributed by atoms with Crippen molar-refractivity contribution >= 4 is 27.4 Å². The molecule has 0 saturated carbocycles. The van der Waals surface area contributed by atoms with E-state index in [0.29, 0.717) is 0 Å². The smallest absolute Gasteiger partial charge is 0.314 e. The van der Waals surface area contributed by atoms with E-state index in [0.717, 1.165) is 15.0 Å². The summed E-state index contributed by atoms with van der Waals surface area (Å²) in [5.74, 6) is -0.667. The zero-order valence-corrected chi connectivity index (χ0v) is 9.84. The second kappa shape index (κ2) is 3.49. The monoisotopic (exact) mass is 236 g/mol. The van der Waals surface area contributed by atoms with Crippen LogP contribution in [0.2, 0.25) is 0 Å². The van der Waals surface area contributed by atoms with Gasteiger partial charge in [-0.2, -0.15) is 0 Å². The van der Waals surface area contributed by atoms with E-state index >= 15 is 0 Å². The summed E-state index contributed by atoms with van der Waals surface area (Å²) in [7, 11) is 0. The van der Waals surface area contributed by atoms with Gasteiger partial charge in [0.1, 0.15) is 5.75 Å². The lowest BCUT2D eigenvalue weighted by molar-refractivity contribution is -0.142. The minimum atomic E-state index is -0.921. The average Bonchev–Trinajstić information content (AvgIpc) is 2.63. The molecule has 2 N–H and O–H groups in total. The van der Waals surface area contributed by atoms with Crippen molar-refractivity contribution in [3.05, 3.63) is 29.1 Å². The van der Waals surface area contributed by atoms with Crippen molar-refractivity contribution in [1.29, 1.82) is 0 Å². The standard InChI is InChI=1S/C12H12O3S/c1-12(2,11(14)15)10-6-7-8(13)4-3-5-9(7)16-10/h3-6,13H,1-2H3,(H,14,15). The summed E-state index contributed by atoms with van der Waals surface area (Å²) < 4.78 is 0.907. The molecule has 1 aromatic heterocycles. The minimum absolute atomic E-state index is 0.196. The van der Waals surface area contributed by atoms with Crippen molar-refractivity contribution in [3.8, 4) is 5.75 Å². The number of thiophene rings is 1. The van der Waals surface area contributed by atoms with Crippen LogP contribution in [0, 0.1) is 0 Å². The van der Waals surface area contributed by atoms with E-state index in [4.69, 9.17) is 5.11 Å². The fourth-order valence-electron chi connectivity index (χ4n) is 1.46. The second-order valence-electron chi connectivity index (χ2n) is 4.23. The Morgan fingerprint density at radius 1 is 1.38 bits per heavy atom. The Bertz CT molecular complexity index is 554. The third-order valence-electron chi connectivity index (χ3n) is 2.69. The van der Waals surface area contributed by atoms with Gasteiger partial charge in [-0.25, -0.2) is 0 Å². The zero-order valence-electron chi connectivity index (χ0n) is 9.02. The lowest BCUT2D eigenvalue weighted by atomic mass is 9.91. The molecular weight excluding hydrogens is 224 g/mol. The predicted molar refractivity (Wildman–Crippen MR) is 64.2 cm³/mol. The molecule has 0 aliphatic rings. The molecule has 0 amide bonds. The van der Waals surface area contributed by atoms with Gasteiger partial charge in [-0.15, -0.1) is 11.3 Å². The van der Waals surface area contributed by atoms with E-state index in [1.54, 1.807) is 32.0 Å². The number of aliphatic carboxylic acids is 1. The first-order chi connectivity index (χ1) is 7.43. The number of carboxylic acid groups (broad SMARTS) is 1. The van der Waals surface area contributed by atoms with Crippen LogP contribution in [0.4, 0.5) is 0 Å². The molecular formula is C12H12O3S. The summed E-state index contributed by atoms with van der Waals surface area (Å²) >= 11 is 1.41. The summed E-state index contributed by atoms with van der Waals surface area (Å²) in [6, 6.07) is 6.99. The Kier molecular flexibility index (Phi) is 2.39. The van der Waals surface area contributed by atoms with Crippen LogP contribution in [-0.4, -0.2) is 16.2 Å². The molecule has 84 valence electrons. The van der Waals surface area contributed by atoms with Crippen LogP contribution in [0.15, 0.2) is 24.3 Å². The molecule has 1 heterocycles. The first-order valence-electron chi connectivity index (χ1n) is 4.88. The molecule has 2 aromatic rings. The minimum Gasteiger partial charge on any atom is -0.507 e. The number of benzene rings is 1. The Hall–Kier alpha value is -1.55. The molecule has 16 heavy (non-hydrogen) atoms. The highest BCUT2D eigenvalue weighted by atomic mass is 32.1. The number of carboxylic acids is 1. The maximum absolute atomic E-state index is 11.1. The molecule has 0 aliphatic carbocycles. The highest BCUT2D eigenvalue weighted by Gasteiger charge is 2.31. The molecule has 0 aliphatic heterocycles. The van der Waals surface area contributed by atoms with Crippen LogP contribution < -0.4 is 0 Å². The zero-order chi connectivity index (χ0) is 11.9. The van der Waals surface area contributed by atoms with Crippen molar-refractivity contribution in [2.45, 2.75) is 19.3 Å². The Morgan fingerprint density at radius 3 is 2.62 bits per heavy atom. The van der Waals surface area contributed by atoms with E-state index in [-0.39, 0.29) is 5.75 Å². The van der Waals surface area contributed by atoms with Crippen molar-refractivity contribution in [1.82, 2.24) is 0 Å². The lowest BCUT2D eigenvalue weighted by Gasteiger charge is -2.16. The molecule has 0 fully saturated rings. The summed E-state index contributed by atoms with van der Waals surface area (Å²) in [5, 5.41) is 19.5. The molecule has 0 unspecified atom stereocenters.